The van der Waals surface area contributed by atoms with Gasteiger partial charge in [-0.3, -0.25) is 9.69 Å². The summed E-state index contributed by atoms with van der Waals surface area (Å²) in [6.07, 6.45) is 4.55. The van der Waals surface area contributed by atoms with Crippen molar-refractivity contribution in [1.29, 1.82) is 0 Å². The molecule has 1 aliphatic rings. The number of aromatic hydroxyl groups is 1. The summed E-state index contributed by atoms with van der Waals surface area (Å²) in [6.45, 7) is 6.62. The molecule has 2 rings (SSSR count). The van der Waals surface area contributed by atoms with E-state index >= 15 is 0 Å². The van der Waals surface area contributed by atoms with Crippen molar-refractivity contribution in [2.24, 2.45) is 5.73 Å². The number of nitrogens with zero attached hydrogens (tertiary/aromatic N) is 1. The molecule has 0 bridgehead atoms. The predicted molar refractivity (Wildman–Crippen MR) is 88.8 cm³/mol. The SMILES string of the molecule is CC(C)(CCCC(N)=O)N1CCC(c2cccc(O)c2)CC1. The minimum Gasteiger partial charge on any atom is -0.508 e. The number of phenols is 1. The second-order valence-electron chi connectivity index (χ2n) is 6.99. The van der Waals surface area contributed by atoms with Crippen LogP contribution < -0.4 is 5.73 Å². The molecule has 0 aromatic heterocycles. The molecule has 0 saturated carbocycles. The van der Waals surface area contributed by atoms with Crippen LogP contribution >= 0.6 is 0 Å². The van der Waals surface area contributed by atoms with Crippen LogP contribution in [0.25, 0.3) is 0 Å². The number of hydrogen-bond acceptors (Lipinski definition) is 3. The lowest BCUT2D eigenvalue weighted by atomic mass is 9.85. The van der Waals surface area contributed by atoms with Crippen molar-refractivity contribution in [3.05, 3.63) is 29.8 Å². The maximum Gasteiger partial charge on any atom is 0.217 e. The van der Waals surface area contributed by atoms with E-state index in [0.717, 1.165) is 38.8 Å². The van der Waals surface area contributed by atoms with Crippen molar-refractivity contribution >= 4 is 5.91 Å². The minimum atomic E-state index is -0.210. The van der Waals surface area contributed by atoms with E-state index in [1.165, 1.54) is 5.56 Å². The molecule has 4 heteroatoms. The number of benzene rings is 1. The molecule has 1 saturated heterocycles. The van der Waals surface area contributed by atoms with Gasteiger partial charge < -0.3 is 10.8 Å². The Bertz CT molecular complexity index is 506. The van der Waals surface area contributed by atoms with E-state index in [2.05, 4.69) is 24.8 Å². The number of carbonyl (C=O) groups excluding carboxylic acids is 1. The first kappa shape index (κ1) is 16.8. The van der Waals surface area contributed by atoms with Crippen molar-refractivity contribution in [3.63, 3.8) is 0 Å². The molecule has 3 N–H and O–H groups in total. The Labute approximate surface area is 133 Å². The van der Waals surface area contributed by atoms with Crippen LogP contribution in [0.2, 0.25) is 0 Å². The van der Waals surface area contributed by atoms with Crippen molar-refractivity contribution in [3.8, 4) is 5.75 Å². The van der Waals surface area contributed by atoms with E-state index in [0.29, 0.717) is 18.1 Å². The lowest BCUT2D eigenvalue weighted by Gasteiger charge is -2.43. The van der Waals surface area contributed by atoms with Gasteiger partial charge in [-0.05, 0) is 76.2 Å². The zero-order valence-electron chi connectivity index (χ0n) is 13.7. The first-order chi connectivity index (χ1) is 10.4. The maximum absolute atomic E-state index is 10.9. The van der Waals surface area contributed by atoms with Gasteiger partial charge in [0.1, 0.15) is 5.75 Å². The van der Waals surface area contributed by atoms with Gasteiger partial charge in [0.05, 0.1) is 0 Å². The number of carbonyl (C=O) groups is 1. The monoisotopic (exact) mass is 304 g/mol. The van der Waals surface area contributed by atoms with E-state index < -0.39 is 0 Å². The average Bonchev–Trinajstić information content (AvgIpc) is 2.47. The van der Waals surface area contributed by atoms with Gasteiger partial charge in [-0.15, -0.1) is 0 Å². The summed E-state index contributed by atoms with van der Waals surface area (Å²) < 4.78 is 0. The molecule has 0 aliphatic carbocycles. The zero-order chi connectivity index (χ0) is 16.2. The Morgan fingerprint density at radius 3 is 2.64 bits per heavy atom. The molecule has 0 unspecified atom stereocenters. The molecule has 4 nitrogen and oxygen atoms in total. The van der Waals surface area contributed by atoms with Crippen molar-refractivity contribution in [2.75, 3.05) is 13.1 Å². The highest BCUT2D eigenvalue weighted by Crippen LogP contribution is 2.33. The van der Waals surface area contributed by atoms with Crippen LogP contribution in [0.3, 0.4) is 0 Å². The summed E-state index contributed by atoms with van der Waals surface area (Å²) in [6, 6.07) is 7.64. The van der Waals surface area contributed by atoms with Crippen LogP contribution in [0, 0.1) is 0 Å². The number of hydrogen-bond donors (Lipinski definition) is 2. The van der Waals surface area contributed by atoms with Gasteiger partial charge in [0.25, 0.3) is 0 Å². The van der Waals surface area contributed by atoms with E-state index in [-0.39, 0.29) is 11.4 Å². The molecule has 0 radical (unpaired) electrons. The number of primary amides is 1. The summed E-state index contributed by atoms with van der Waals surface area (Å²) in [5, 5.41) is 9.62. The number of nitrogens with two attached hydrogens (primary N) is 1. The summed E-state index contributed by atoms with van der Waals surface area (Å²) in [5.74, 6) is 0.676. The Hall–Kier alpha value is -1.55. The molecule has 0 atom stereocenters. The number of piperidine rings is 1. The lowest BCUT2D eigenvalue weighted by molar-refractivity contribution is -0.118. The highest BCUT2D eigenvalue weighted by Gasteiger charge is 2.30. The van der Waals surface area contributed by atoms with Gasteiger partial charge in [-0.25, -0.2) is 0 Å². The maximum atomic E-state index is 10.9. The Morgan fingerprint density at radius 1 is 1.36 bits per heavy atom. The summed E-state index contributed by atoms with van der Waals surface area (Å²) in [5.41, 5.74) is 6.57. The third-order valence-electron chi connectivity index (χ3n) is 4.90. The first-order valence-electron chi connectivity index (χ1n) is 8.21. The van der Waals surface area contributed by atoms with Gasteiger partial charge in [-0.1, -0.05) is 12.1 Å². The Morgan fingerprint density at radius 2 is 2.05 bits per heavy atom. The van der Waals surface area contributed by atoms with Crippen LogP contribution in [0.5, 0.6) is 5.75 Å². The van der Waals surface area contributed by atoms with Gasteiger partial charge in [0, 0.05) is 12.0 Å². The Balaban J connectivity index is 1.87. The second-order valence-corrected chi connectivity index (χ2v) is 6.99. The zero-order valence-corrected chi connectivity index (χ0v) is 13.7. The number of rotatable bonds is 6. The van der Waals surface area contributed by atoms with Gasteiger partial charge in [0.2, 0.25) is 5.91 Å². The summed E-state index contributed by atoms with van der Waals surface area (Å²) in [4.78, 5) is 13.4. The molecule has 1 amide bonds. The molecule has 122 valence electrons. The van der Waals surface area contributed by atoms with Crippen LogP contribution in [-0.2, 0) is 4.79 Å². The molecule has 1 fully saturated rings. The molecular weight excluding hydrogens is 276 g/mol. The smallest absolute Gasteiger partial charge is 0.217 e. The fourth-order valence-electron chi connectivity index (χ4n) is 3.45. The number of amides is 1. The molecule has 1 aliphatic heterocycles. The van der Waals surface area contributed by atoms with Gasteiger partial charge in [0.15, 0.2) is 0 Å². The molecular formula is C18H28N2O2. The lowest BCUT2D eigenvalue weighted by Crippen LogP contribution is -2.47. The van der Waals surface area contributed by atoms with Crippen LogP contribution in [0.1, 0.15) is 57.4 Å². The quantitative estimate of drug-likeness (QED) is 0.849. The minimum absolute atomic E-state index is 0.110. The third kappa shape index (κ3) is 4.47. The van der Waals surface area contributed by atoms with Crippen LogP contribution in [0.15, 0.2) is 24.3 Å². The first-order valence-corrected chi connectivity index (χ1v) is 8.21. The van der Waals surface area contributed by atoms with Crippen molar-refractivity contribution in [2.45, 2.75) is 57.4 Å². The van der Waals surface area contributed by atoms with E-state index in [1.807, 2.05) is 12.1 Å². The Kier molecular flexibility index (Phi) is 5.46. The van der Waals surface area contributed by atoms with Gasteiger partial charge in [-0.2, -0.15) is 0 Å². The molecule has 22 heavy (non-hydrogen) atoms. The fourth-order valence-corrected chi connectivity index (χ4v) is 3.45. The van der Waals surface area contributed by atoms with Crippen LogP contribution in [0.4, 0.5) is 0 Å². The normalized spacial score (nSPS) is 17.5. The number of phenolic OH excluding ortho intramolecular Hbond substituents is 1. The predicted octanol–water partition coefficient (Wildman–Crippen LogP) is 3.01. The standard InChI is InChI=1S/C18H28N2O2/c1-18(2,10-4-7-17(19)22)20-11-8-14(9-12-20)15-5-3-6-16(21)13-15/h3,5-6,13-14,21H,4,7-12H2,1-2H3,(H2,19,22). The molecule has 1 aromatic rings. The van der Waals surface area contributed by atoms with Crippen molar-refractivity contribution in [1.82, 2.24) is 4.90 Å². The summed E-state index contributed by atoms with van der Waals surface area (Å²) in [7, 11) is 0. The van der Waals surface area contributed by atoms with Gasteiger partial charge >= 0.3 is 0 Å². The van der Waals surface area contributed by atoms with Crippen molar-refractivity contribution < 1.29 is 9.90 Å². The second kappa shape index (κ2) is 7.14. The van der Waals surface area contributed by atoms with E-state index in [4.69, 9.17) is 5.73 Å². The summed E-state index contributed by atoms with van der Waals surface area (Å²) >= 11 is 0. The number of likely N-dealkylation sites (tertiary alicyclic amines) is 1. The largest absolute Gasteiger partial charge is 0.508 e. The molecule has 1 aromatic carbocycles. The fraction of sp³-hybridized carbons (Fsp3) is 0.611. The van der Waals surface area contributed by atoms with Crippen LogP contribution in [-0.4, -0.2) is 34.5 Å². The topological polar surface area (TPSA) is 66.6 Å². The van der Waals surface area contributed by atoms with E-state index in [1.54, 1.807) is 6.07 Å². The molecule has 0 spiro atoms. The van der Waals surface area contributed by atoms with E-state index in [9.17, 15) is 9.90 Å². The highest BCUT2D eigenvalue weighted by molar-refractivity contribution is 5.73. The average molecular weight is 304 g/mol. The third-order valence-corrected chi connectivity index (χ3v) is 4.90. The highest BCUT2D eigenvalue weighted by atomic mass is 16.3. The molecule has 1 heterocycles.